The molecule has 1 fully saturated rings. The van der Waals surface area contributed by atoms with Gasteiger partial charge in [0.25, 0.3) is 0 Å². The molecule has 194 valence electrons. The van der Waals surface area contributed by atoms with Crippen molar-refractivity contribution in [3.8, 4) is 5.75 Å². The van der Waals surface area contributed by atoms with Crippen molar-refractivity contribution in [2.24, 2.45) is 11.8 Å². The Balaban J connectivity index is 1.39. The highest BCUT2D eigenvalue weighted by Gasteiger charge is 2.45. The van der Waals surface area contributed by atoms with Crippen LogP contribution in [0.3, 0.4) is 0 Å². The molecule has 1 saturated heterocycles. The Morgan fingerprint density at radius 2 is 2.00 bits per heavy atom. The molecule has 3 unspecified atom stereocenters. The Morgan fingerprint density at radius 3 is 2.67 bits per heavy atom. The van der Waals surface area contributed by atoms with Crippen molar-refractivity contribution < 1.29 is 19.1 Å². The lowest BCUT2D eigenvalue weighted by molar-refractivity contribution is -0.135. The average molecular weight is 532 g/mol. The summed E-state index contributed by atoms with van der Waals surface area (Å²) >= 11 is 2.89. The van der Waals surface area contributed by atoms with Gasteiger partial charge >= 0.3 is 5.97 Å². The van der Waals surface area contributed by atoms with Gasteiger partial charge in [-0.3, -0.25) is 10.1 Å². The number of ether oxygens (including phenoxy) is 2. The van der Waals surface area contributed by atoms with Crippen LogP contribution in [0.5, 0.6) is 5.75 Å². The number of thioether (sulfide) groups is 2. The third-order valence-corrected chi connectivity index (χ3v) is 8.57. The van der Waals surface area contributed by atoms with Gasteiger partial charge in [-0.2, -0.15) is 0 Å². The van der Waals surface area contributed by atoms with E-state index in [1.807, 2.05) is 19.1 Å². The molecular weight excluding hydrogens is 498 g/mol. The third kappa shape index (κ3) is 5.90. The van der Waals surface area contributed by atoms with E-state index >= 15 is 0 Å². The number of aryl methyl sites for hydroxylation is 1. The number of nitrogens with zero attached hydrogens (tertiary/aromatic N) is 3. The standard InChI is InChI=1S/C25H33N5O4S2/c1-6-16-7-9-17(10-8-16)34-12-19-28-29-25(30(19)11-14(2)3)35-13-18-26-22(31)20-15(4)21(24(32)33-5)36-23(20)27-18/h7-10,14,18,20,23,27H,6,11-13H2,1-5H3,(H,26,31). The van der Waals surface area contributed by atoms with Crippen LogP contribution in [0.1, 0.15) is 39.1 Å². The van der Waals surface area contributed by atoms with E-state index in [4.69, 9.17) is 9.47 Å². The first kappa shape index (κ1) is 26.6. The smallest absolute Gasteiger partial charge is 0.344 e. The second-order valence-corrected chi connectivity index (χ2v) is 11.4. The normalized spacial score (nSPS) is 21.5. The number of carbonyl (C=O) groups is 2. The Bertz CT molecular complexity index is 1130. The Kier molecular flexibility index (Phi) is 8.63. The summed E-state index contributed by atoms with van der Waals surface area (Å²) in [5.41, 5.74) is 2.01. The van der Waals surface area contributed by atoms with Crippen molar-refractivity contribution in [2.45, 2.75) is 64.0 Å². The van der Waals surface area contributed by atoms with Gasteiger partial charge in [0, 0.05) is 12.3 Å². The molecule has 36 heavy (non-hydrogen) atoms. The fourth-order valence-corrected chi connectivity index (χ4v) is 6.59. The maximum absolute atomic E-state index is 12.8. The Morgan fingerprint density at radius 1 is 1.25 bits per heavy atom. The van der Waals surface area contributed by atoms with E-state index in [-0.39, 0.29) is 23.4 Å². The molecule has 2 aliphatic heterocycles. The first-order valence-electron chi connectivity index (χ1n) is 12.1. The zero-order chi connectivity index (χ0) is 25.8. The predicted octanol–water partition coefficient (Wildman–Crippen LogP) is 3.35. The molecule has 1 aromatic heterocycles. The molecular formula is C25H33N5O4S2. The van der Waals surface area contributed by atoms with Gasteiger partial charge in [0.1, 0.15) is 12.4 Å². The molecule has 3 heterocycles. The van der Waals surface area contributed by atoms with E-state index in [2.05, 4.69) is 58.3 Å². The Hall–Kier alpha value is -2.50. The van der Waals surface area contributed by atoms with Crippen molar-refractivity contribution >= 4 is 35.4 Å². The van der Waals surface area contributed by atoms with Crippen LogP contribution in [-0.2, 0) is 33.9 Å². The summed E-state index contributed by atoms with van der Waals surface area (Å²) in [6.45, 7) is 9.33. The first-order chi connectivity index (χ1) is 17.3. The summed E-state index contributed by atoms with van der Waals surface area (Å²) < 4.78 is 13.0. The number of hydrogen-bond acceptors (Lipinski definition) is 9. The van der Waals surface area contributed by atoms with E-state index in [1.165, 1.54) is 36.2 Å². The van der Waals surface area contributed by atoms with E-state index in [0.29, 0.717) is 23.2 Å². The number of methoxy groups -OCH3 is 1. The molecule has 2 aromatic rings. The zero-order valence-corrected chi connectivity index (χ0v) is 22.9. The number of rotatable bonds is 10. The minimum absolute atomic E-state index is 0.0833. The molecule has 3 atom stereocenters. The van der Waals surface area contributed by atoms with Crippen molar-refractivity contribution in [1.29, 1.82) is 0 Å². The highest BCUT2D eigenvalue weighted by atomic mass is 32.2. The summed E-state index contributed by atoms with van der Waals surface area (Å²) in [5, 5.41) is 15.9. The maximum atomic E-state index is 12.8. The van der Waals surface area contributed by atoms with Gasteiger partial charge in [0.15, 0.2) is 11.0 Å². The number of benzene rings is 1. The fraction of sp³-hybridized carbons (Fsp3) is 0.520. The lowest BCUT2D eigenvalue weighted by atomic mass is 9.97. The van der Waals surface area contributed by atoms with Gasteiger partial charge in [-0.1, -0.05) is 56.4 Å². The van der Waals surface area contributed by atoms with E-state index in [1.54, 1.807) is 0 Å². The summed E-state index contributed by atoms with van der Waals surface area (Å²) in [6, 6.07) is 8.09. The molecule has 0 radical (unpaired) electrons. The van der Waals surface area contributed by atoms with Crippen molar-refractivity contribution in [2.75, 3.05) is 12.9 Å². The van der Waals surface area contributed by atoms with Crippen molar-refractivity contribution in [3.05, 3.63) is 46.1 Å². The molecule has 2 N–H and O–H groups in total. The van der Waals surface area contributed by atoms with Crippen molar-refractivity contribution in [3.63, 3.8) is 0 Å². The molecule has 0 bridgehead atoms. The van der Waals surface area contributed by atoms with Crippen LogP contribution in [0.25, 0.3) is 0 Å². The second-order valence-electron chi connectivity index (χ2n) is 9.25. The first-order valence-corrected chi connectivity index (χ1v) is 14.0. The lowest BCUT2D eigenvalue weighted by Gasteiger charge is -2.33. The van der Waals surface area contributed by atoms with Gasteiger partial charge < -0.3 is 19.4 Å². The third-order valence-electron chi connectivity index (χ3n) is 6.13. The van der Waals surface area contributed by atoms with Crippen LogP contribution in [-0.4, -0.2) is 51.0 Å². The van der Waals surface area contributed by atoms with Gasteiger partial charge in [-0.15, -0.1) is 10.2 Å². The van der Waals surface area contributed by atoms with Crippen LogP contribution in [0.4, 0.5) is 0 Å². The topological polar surface area (TPSA) is 107 Å². The number of aromatic nitrogens is 3. The second kappa shape index (κ2) is 11.7. The molecule has 4 rings (SSSR count). The highest BCUT2D eigenvalue weighted by molar-refractivity contribution is 8.04. The van der Waals surface area contributed by atoms with Gasteiger partial charge in [0.05, 0.1) is 29.5 Å². The van der Waals surface area contributed by atoms with Gasteiger partial charge in [0.2, 0.25) is 5.91 Å². The number of fused-ring (bicyclic) bond motifs is 1. The van der Waals surface area contributed by atoms with Crippen LogP contribution < -0.4 is 15.4 Å². The highest BCUT2D eigenvalue weighted by Crippen LogP contribution is 2.43. The van der Waals surface area contributed by atoms with Crippen LogP contribution >= 0.6 is 23.5 Å². The molecule has 1 amide bonds. The van der Waals surface area contributed by atoms with Gasteiger partial charge in [-0.25, -0.2) is 4.79 Å². The number of hydrogen-bond donors (Lipinski definition) is 2. The number of amides is 1. The average Bonchev–Trinajstić information content (AvgIpc) is 3.41. The molecule has 9 nitrogen and oxygen atoms in total. The minimum atomic E-state index is -0.398. The summed E-state index contributed by atoms with van der Waals surface area (Å²) in [6.07, 6.45) is 0.727. The predicted molar refractivity (Wildman–Crippen MR) is 140 cm³/mol. The van der Waals surface area contributed by atoms with E-state index < -0.39 is 5.97 Å². The van der Waals surface area contributed by atoms with Crippen LogP contribution in [0.15, 0.2) is 39.9 Å². The summed E-state index contributed by atoms with van der Waals surface area (Å²) in [4.78, 5) is 25.4. The molecule has 1 aromatic carbocycles. The SMILES string of the molecule is CCc1ccc(OCc2nnc(SCC3NC(=O)C4C(C)=C(C(=O)OC)SC4N3)n2CC(C)C)cc1. The molecule has 0 spiro atoms. The van der Waals surface area contributed by atoms with Crippen molar-refractivity contribution in [1.82, 2.24) is 25.4 Å². The molecule has 2 aliphatic rings. The summed E-state index contributed by atoms with van der Waals surface area (Å²) in [5.74, 6) is 1.67. The Labute approximate surface area is 220 Å². The number of carbonyl (C=O) groups excluding carboxylic acids is 2. The van der Waals surface area contributed by atoms with Gasteiger partial charge in [-0.05, 0) is 42.5 Å². The maximum Gasteiger partial charge on any atom is 0.344 e. The zero-order valence-electron chi connectivity index (χ0n) is 21.2. The molecule has 0 saturated carbocycles. The summed E-state index contributed by atoms with van der Waals surface area (Å²) in [7, 11) is 1.35. The van der Waals surface area contributed by atoms with E-state index in [0.717, 1.165) is 35.3 Å². The fourth-order valence-electron chi connectivity index (χ4n) is 4.22. The monoisotopic (exact) mass is 531 g/mol. The molecule has 0 aliphatic carbocycles. The minimum Gasteiger partial charge on any atom is -0.486 e. The van der Waals surface area contributed by atoms with Crippen LogP contribution in [0, 0.1) is 11.8 Å². The lowest BCUT2D eigenvalue weighted by Crippen LogP contribution is -2.60. The van der Waals surface area contributed by atoms with E-state index in [9.17, 15) is 9.59 Å². The quantitative estimate of drug-likeness (QED) is 0.352. The largest absolute Gasteiger partial charge is 0.486 e. The number of esters is 1. The van der Waals surface area contributed by atoms with Crippen LogP contribution in [0.2, 0.25) is 0 Å². The number of nitrogens with one attached hydrogen (secondary N) is 2. The molecule has 11 heteroatoms.